The van der Waals surface area contributed by atoms with Crippen molar-refractivity contribution < 1.29 is 4.79 Å². The maximum Gasteiger partial charge on any atom is 0.186 e. The fourth-order valence-corrected chi connectivity index (χ4v) is 1.64. The van der Waals surface area contributed by atoms with E-state index in [1.165, 1.54) is 18.2 Å². The summed E-state index contributed by atoms with van der Waals surface area (Å²) in [6.07, 6.45) is 3.50. The van der Waals surface area contributed by atoms with Crippen molar-refractivity contribution >= 4 is 35.9 Å². The Morgan fingerprint density at radius 3 is 2.67 bits per heavy atom. The normalized spacial score (nSPS) is 21.2. The van der Waals surface area contributed by atoms with Gasteiger partial charge in [0.1, 0.15) is 0 Å². The molecule has 0 fully saturated rings. The molecule has 0 saturated heterocycles. The summed E-state index contributed by atoms with van der Waals surface area (Å²) in [6.45, 7) is 1.10. The highest BCUT2D eigenvalue weighted by Gasteiger charge is 2.01. The summed E-state index contributed by atoms with van der Waals surface area (Å²) in [7, 11) is 2.07. The first-order valence-corrected chi connectivity index (χ1v) is 5.28. The second-order valence-corrected chi connectivity index (χ2v) is 4.13. The summed E-state index contributed by atoms with van der Waals surface area (Å²) in [5.41, 5.74) is 0. The zero-order valence-electron chi connectivity index (χ0n) is 6.77. The Kier molecular flexibility index (Phi) is 4.42. The molecule has 0 aromatic carbocycles. The molecule has 66 valence electrons. The third-order valence-electron chi connectivity index (χ3n) is 1.18. The van der Waals surface area contributed by atoms with Gasteiger partial charge < -0.3 is 0 Å². The van der Waals surface area contributed by atoms with E-state index in [1.807, 2.05) is 0 Å². The van der Waals surface area contributed by atoms with Gasteiger partial charge in [-0.25, -0.2) is 8.70 Å². The number of rotatable bonds is 0. The molecule has 0 aliphatic carbocycles. The van der Waals surface area contributed by atoms with Crippen LogP contribution in [0.1, 0.15) is 0 Å². The van der Waals surface area contributed by atoms with Crippen LogP contribution in [0.4, 0.5) is 0 Å². The van der Waals surface area contributed by atoms with Gasteiger partial charge in [-0.1, -0.05) is 18.0 Å². The molecule has 0 aromatic rings. The SMILES string of the molecule is CN1CC=CS1.O=C1C=NSC1. The Morgan fingerprint density at radius 1 is 1.67 bits per heavy atom. The van der Waals surface area contributed by atoms with E-state index >= 15 is 0 Å². The van der Waals surface area contributed by atoms with Gasteiger partial charge in [-0.3, -0.25) is 4.79 Å². The van der Waals surface area contributed by atoms with Crippen molar-refractivity contribution in [3.05, 3.63) is 11.5 Å². The molecule has 0 bridgehead atoms. The minimum absolute atomic E-state index is 0.125. The molecule has 0 aromatic heterocycles. The van der Waals surface area contributed by atoms with E-state index in [9.17, 15) is 4.79 Å². The molecule has 0 radical (unpaired) electrons. The summed E-state index contributed by atoms with van der Waals surface area (Å²) < 4.78 is 5.77. The van der Waals surface area contributed by atoms with Crippen LogP contribution >= 0.6 is 23.9 Å². The lowest BCUT2D eigenvalue weighted by Gasteiger charge is -1.99. The van der Waals surface area contributed by atoms with E-state index in [0.717, 1.165) is 6.54 Å². The largest absolute Gasteiger partial charge is 0.292 e. The molecular weight excluding hydrogens is 192 g/mol. The minimum Gasteiger partial charge on any atom is -0.292 e. The molecule has 3 nitrogen and oxygen atoms in total. The van der Waals surface area contributed by atoms with Gasteiger partial charge in [0.15, 0.2) is 5.78 Å². The molecule has 2 heterocycles. The highest BCUT2D eigenvalue weighted by molar-refractivity contribution is 8.00. The number of carbonyl (C=O) groups is 1. The molecule has 2 aliphatic heterocycles. The number of hydrogen-bond donors (Lipinski definition) is 0. The molecule has 0 atom stereocenters. The van der Waals surface area contributed by atoms with Gasteiger partial charge in [-0.2, -0.15) is 0 Å². The fourth-order valence-electron chi connectivity index (χ4n) is 0.616. The van der Waals surface area contributed by atoms with Crippen LogP contribution < -0.4 is 0 Å². The number of Topliss-reactive ketones (excluding diaryl/α,β-unsaturated/α-hetero) is 1. The maximum atomic E-state index is 10.1. The summed E-state index contributed by atoms with van der Waals surface area (Å²) in [6, 6.07) is 0. The lowest BCUT2D eigenvalue weighted by atomic mass is 10.5. The van der Waals surface area contributed by atoms with E-state index < -0.39 is 0 Å². The Labute approximate surface area is 80.6 Å². The van der Waals surface area contributed by atoms with Crippen LogP contribution in [-0.2, 0) is 4.79 Å². The molecule has 0 N–H and O–H groups in total. The van der Waals surface area contributed by atoms with Gasteiger partial charge in [0, 0.05) is 6.54 Å². The first kappa shape index (κ1) is 9.83. The second-order valence-electron chi connectivity index (χ2n) is 2.26. The summed E-state index contributed by atoms with van der Waals surface area (Å²) in [5.74, 6) is 0.667. The zero-order valence-corrected chi connectivity index (χ0v) is 8.40. The van der Waals surface area contributed by atoms with Crippen LogP contribution in [0.25, 0.3) is 0 Å². The van der Waals surface area contributed by atoms with Crippen LogP contribution in [-0.4, -0.2) is 35.6 Å². The van der Waals surface area contributed by atoms with Crippen LogP contribution in [0.15, 0.2) is 15.9 Å². The number of ketones is 1. The number of likely N-dealkylation sites (N-methyl/N-ethyl adjacent to an activating group) is 1. The molecular formula is C7H10N2OS2. The fraction of sp³-hybridized carbons (Fsp3) is 0.429. The topological polar surface area (TPSA) is 32.7 Å². The second kappa shape index (κ2) is 5.40. The van der Waals surface area contributed by atoms with Crippen LogP contribution in [0.3, 0.4) is 0 Å². The average molecular weight is 202 g/mol. The average Bonchev–Trinajstić information content (AvgIpc) is 2.63. The van der Waals surface area contributed by atoms with E-state index in [0.29, 0.717) is 5.75 Å². The summed E-state index contributed by atoms with van der Waals surface area (Å²) >= 11 is 3.05. The van der Waals surface area contributed by atoms with Crippen LogP contribution in [0.5, 0.6) is 0 Å². The van der Waals surface area contributed by atoms with Crippen molar-refractivity contribution in [2.45, 2.75) is 0 Å². The smallest absolute Gasteiger partial charge is 0.186 e. The van der Waals surface area contributed by atoms with Crippen molar-refractivity contribution in [1.29, 1.82) is 0 Å². The van der Waals surface area contributed by atoms with Gasteiger partial charge in [0.25, 0.3) is 0 Å². The number of carbonyl (C=O) groups excluding carboxylic acids is 1. The van der Waals surface area contributed by atoms with Gasteiger partial charge >= 0.3 is 0 Å². The van der Waals surface area contributed by atoms with E-state index in [4.69, 9.17) is 0 Å². The van der Waals surface area contributed by atoms with E-state index in [2.05, 4.69) is 27.2 Å². The third kappa shape index (κ3) is 3.94. The molecule has 12 heavy (non-hydrogen) atoms. The molecule has 0 saturated carbocycles. The van der Waals surface area contributed by atoms with Crippen molar-refractivity contribution in [3.63, 3.8) is 0 Å². The molecule has 2 rings (SSSR count). The first-order valence-electron chi connectivity index (χ1n) is 3.50. The lowest BCUT2D eigenvalue weighted by Crippen LogP contribution is -2.01. The van der Waals surface area contributed by atoms with Crippen molar-refractivity contribution in [1.82, 2.24) is 4.31 Å². The van der Waals surface area contributed by atoms with Crippen LogP contribution in [0.2, 0.25) is 0 Å². The monoisotopic (exact) mass is 202 g/mol. The minimum atomic E-state index is 0.125. The van der Waals surface area contributed by atoms with Crippen molar-refractivity contribution in [3.8, 4) is 0 Å². The summed E-state index contributed by atoms with van der Waals surface area (Å²) in [4.78, 5) is 10.1. The van der Waals surface area contributed by atoms with Crippen molar-refractivity contribution in [2.75, 3.05) is 19.3 Å². The quantitative estimate of drug-likeness (QED) is 0.556. The van der Waals surface area contributed by atoms with Gasteiger partial charge in [0.05, 0.1) is 12.0 Å². The molecule has 0 spiro atoms. The number of hydrogen-bond acceptors (Lipinski definition) is 5. The molecule has 2 aliphatic rings. The molecule has 0 unspecified atom stereocenters. The Hall–Kier alpha value is -0.260. The highest BCUT2D eigenvalue weighted by atomic mass is 32.2. The Bertz CT molecular complexity index is 207. The van der Waals surface area contributed by atoms with Crippen LogP contribution in [0, 0.1) is 0 Å². The number of nitrogens with zero attached hydrogens (tertiary/aromatic N) is 2. The van der Waals surface area contributed by atoms with Gasteiger partial charge in [-0.05, 0) is 24.4 Å². The van der Waals surface area contributed by atoms with Gasteiger partial charge in [0.2, 0.25) is 0 Å². The van der Waals surface area contributed by atoms with E-state index in [-0.39, 0.29) is 5.78 Å². The van der Waals surface area contributed by atoms with Crippen molar-refractivity contribution in [2.24, 2.45) is 4.40 Å². The maximum absolute atomic E-state index is 10.1. The Balaban J connectivity index is 0.000000120. The predicted molar refractivity (Wildman–Crippen MR) is 55.3 cm³/mol. The lowest BCUT2D eigenvalue weighted by molar-refractivity contribution is -0.110. The molecule has 5 heteroatoms. The highest BCUT2D eigenvalue weighted by Crippen LogP contribution is 2.13. The standard InChI is InChI=1S/C4H7NS.C3H3NOS/c1-5-3-2-4-6-5;5-3-1-4-6-2-3/h2,4H,3H2,1H3;1H,2H2. The van der Waals surface area contributed by atoms with E-state index in [1.54, 1.807) is 11.9 Å². The van der Waals surface area contributed by atoms with Gasteiger partial charge in [-0.15, -0.1) is 0 Å². The first-order chi connectivity index (χ1) is 5.79. The molecule has 0 amide bonds. The zero-order chi connectivity index (χ0) is 8.81. The Morgan fingerprint density at radius 2 is 2.50 bits per heavy atom. The summed E-state index contributed by atoms with van der Waals surface area (Å²) in [5, 5.41) is 2.10. The predicted octanol–water partition coefficient (Wildman–Crippen LogP) is 1.38. The third-order valence-corrected chi connectivity index (χ3v) is 2.67.